The molecule has 1 heterocycles. The van der Waals surface area contributed by atoms with Crippen molar-refractivity contribution in [2.24, 2.45) is 7.05 Å². The Labute approximate surface area is 102 Å². The summed E-state index contributed by atoms with van der Waals surface area (Å²) in [6.45, 7) is 7.52. The summed E-state index contributed by atoms with van der Waals surface area (Å²) in [6, 6.07) is 1.79. The van der Waals surface area contributed by atoms with Crippen LogP contribution < -0.4 is 5.32 Å². The third-order valence-electron chi connectivity index (χ3n) is 2.59. The maximum Gasteiger partial charge on any atom is 0.272 e. The zero-order valence-corrected chi connectivity index (χ0v) is 11.1. The lowest BCUT2D eigenvalue weighted by Gasteiger charge is -2.22. The number of carbonyl (C=O) groups is 1. The summed E-state index contributed by atoms with van der Waals surface area (Å²) in [7, 11) is 1.82. The largest absolute Gasteiger partial charge is 0.394 e. The second-order valence-electron chi connectivity index (χ2n) is 5.23. The maximum atomic E-state index is 11.9. The molecule has 0 fully saturated rings. The van der Waals surface area contributed by atoms with Crippen LogP contribution >= 0.6 is 0 Å². The molecule has 5 heteroatoms. The number of hydrogen-bond acceptors (Lipinski definition) is 3. The molecule has 0 saturated heterocycles. The van der Waals surface area contributed by atoms with Crippen molar-refractivity contribution in [3.05, 3.63) is 17.5 Å². The average Bonchev–Trinajstić information content (AvgIpc) is 2.60. The maximum absolute atomic E-state index is 11.9. The van der Waals surface area contributed by atoms with Crippen molar-refractivity contribution in [1.82, 2.24) is 15.1 Å². The molecule has 96 valence electrons. The lowest BCUT2D eigenvalue weighted by Crippen LogP contribution is -2.46. The molecule has 1 aromatic heterocycles. The van der Waals surface area contributed by atoms with Crippen molar-refractivity contribution >= 4 is 5.91 Å². The van der Waals surface area contributed by atoms with Gasteiger partial charge in [0.05, 0.1) is 12.1 Å². The van der Waals surface area contributed by atoms with Crippen LogP contribution in [0.15, 0.2) is 6.07 Å². The van der Waals surface area contributed by atoms with Crippen LogP contribution in [0.4, 0.5) is 0 Å². The molecule has 0 bridgehead atoms. The van der Waals surface area contributed by atoms with Gasteiger partial charge in [-0.3, -0.25) is 9.48 Å². The highest BCUT2D eigenvalue weighted by Gasteiger charge is 2.22. The highest BCUT2D eigenvalue weighted by atomic mass is 16.3. The Bertz CT molecular complexity index is 408. The van der Waals surface area contributed by atoms with Crippen LogP contribution in [0, 0.1) is 0 Å². The van der Waals surface area contributed by atoms with Crippen molar-refractivity contribution < 1.29 is 9.90 Å². The molecule has 0 unspecified atom stereocenters. The quantitative estimate of drug-likeness (QED) is 0.825. The molecule has 0 aromatic carbocycles. The number of amides is 1. The Balaban J connectivity index is 2.87. The van der Waals surface area contributed by atoms with Gasteiger partial charge in [0.25, 0.3) is 5.91 Å². The molecule has 0 aliphatic rings. The van der Waals surface area contributed by atoms with Gasteiger partial charge in [0.2, 0.25) is 0 Å². The summed E-state index contributed by atoms with van der Waals surface area (Å²) >= 11 is 0. The van der Waals surface area contributed by atoms with E-state index in [0.717, 1.165) is 5.69 Å². The van der Waals surface area contributed by atoms with E-state index in [9.17, 15) is 4.79 Å². The first kappa shape index (κ1) is 13.7. The fourth-order valence-corrected chi connectivity index (χ4v) is 1.54. The van der Waals surface area contributed by atoms with E-state index in [1.807, 2.05) is 7.05 Å². The summed E-state index contributed by atoms with van der Waals surface area (Å²) in [5.41, 5.74) is 0.766. The summed E-state index contributed by atoms with van der Waals surface area (Å²) in [5, 5.41) is 16.0. The van der Waals surface area contributed by atoms with E-state index in [1.54, 1.807) is 24.6 Å². The number of nitrogens with zero attached hydrogens (tertiary/aromatic N) is 2. The first-order chi connectivity index (χ1) is 7.76. The highest BCUT2D eigenvalue weighted by molar-refractivity contribution is 5.92. The molecule has 0 atom stereocenters. The molecule has 2 N–H and O–H groups in total. The minimum absolute atomic E-state index is 0.109. The van der Waals surface area contributed by atoms with Crippen LogP contribution in [0.2, 0.25) is 0 Å². The van der Waals surface area contributed by atoms with Crippen molar-refractivity contribution in [1.29, 1.82) is 0 Å². The summed E-state index contributed by atoms with van der Waals surface area (Å²) in [6.07, 6.45) is 0. The fourth-order valence-electron chi connectivity index (χ4n) is 1.54. The Kier molecular flexibility index (Phi) is 3.93. The Hall–Kier alpha value is -1.36. The number of hydrogen-bond donors (Lipinski definition) is 2. The van der Waals surface area contributed by atoms with E-state index in [1.165, 1.54) is 0 Å². The van der Waals surface area contributed by atoms with E-state index < -0.39 is 5.54 Å². The van der Waals surface area contributed by atoms with Gasteiger partial charge in [0, 0.05) is 12.7 Å². The predicted molar refractivity (Wildman–Crippen MR) is 65.9 cm³/mol. The van der Waals surface area contributed by atoms with Gasteiger partial charge >= 0.3 is 0 Å². The number of aliphatic hydroxyl groups is 1. The van der Waals surface area contributed by atoms with Gasteiger partial charge in [-0.25, -0.2) is 0 Å². The van der Waals surface area contributed by atoms with Crippen LogP contribution in [-0.2, 0) is 7.05 Å². The average molecular weight is 239 g/mol. The third-order valence-corrected chi connectivity index (χ3v) is 2.59. The molecule has 17 heavy (non-hydrogen) atoms. The molecule has 5 nitrogen and oxygen atoms in total. The number of nitrogens with one attached hydrogen (secondary N) is 1. The van der Waals surface area contributed by atoms with E-state index in [0.29, 0.717) is 11.6 Å². The number of aliphatic hydroxyl groups excluding tert-OH is 1. The van der Waals surface area contributed by atoms with Crippen LogP contribution in [0.25, 0.3) is 0 Å². The molecular formula is C12H21N3O2. The standard InChI is InChI=1S/C12H21N3O2/c1-8(2)10-6-9(14-15(10)5)11(17)13-12(3,4)7-16/h6,8,16H,7H2,1-5H3,(H,13,17). The van der Waals surface area contributed by atoms with Gasteiger partial charge in [-0.2, -0.15) is 5.10 Å². The summed E-state index contributed by atoms with van der Waals surface area (Å²) in [4.78, 5) is 11.9. The molecule has 0 radical (unpaired) electrons. The first-order valence-electron chi connectivity index (χ1n) is 5.74. The molecule has 0 aliphatic carbocycles. The number of aryl methyl sites for hydroxylation is 1. The van der Waals surface area contributed by atoms with Gasteiger partial charge in [-0.15, -0.1) is 0 Å². The predicted octanol–water partition coefficient (Wildman–Crippen LogP) is 1.04. The molecule has 0 spiro atoms. The molecular weight excluding hydrogens is 218 g/mol. The van der Waals surface area contributed by atoms with Gasteiger partial charge in [-0.1, -0.05) is 13.8 Å². The Morgan fingerprint density at radius 3 is 2.59 bits per heavy atom. The van der Waals surface area contributed by atoms with Crippen molar-refractivity contribution in [3.8, 4) is 0 Å². The number of aromatic nitrogens is 2. The SMILES string of the molecule is CC(C)c1cc(C(=O)NC(C)(C)CO)nn1C. The zero-order valence-electron chi connectivity index (χ0n) is 11.1. The monoisotopic (exact) mass is 239 g/mol. The first-order valence-corrected chi connectivity index (χ1v) is 5.74. The molecule has 0 saturated carbocycles. The molecule has 0 aliphatic heterocycles. The minimum atomic E-state index is -0.632. The number of rotatable bonds is 4. The van der Waals surface area contributed by atoms with Gasteiger partial charge in [0.15, 0.2) is 0 Å². The Morgan fingerprint density at radius 2 is 2.18 bits per heavy atom. The summed E-state index contributed by atoms with van der Waals surface area (Å²) < 4.78 is 1.71. The molecule has 1 amide bonds. The molecule has 1 rings (SSSR count). The van der Waals surface area contributed by atoms with Crippen molar-refractivity contribution in [2.75, 3.05) is 6.61 Å². The van der Waals surface area contributed by atoms with Gasteiger partial charge in [0.1, 0.15) is 5.69 Å². The number of carbonyl (C=O) groups excluding carboxylic acids is 1. The lowest BCUT2D eigenvalue weighted by molar-refractivity contribution is 0.0863. The van der Waals surface area contributed by atoms with Crippen LogP contribution in [0.5, 0.6) is 0 Å². The fraction of sp³-hybridized carbons (Fsp3) is 0.667. The van der Waals surface area contributed by atoms with Gasteiger partial charge in [-0.05, 0) is 25.8 Å². The zero-order chi connectivity index (χ0) is 13.2. The topological polar surface area (TPSA) is 67.2 Å². The smallest absolute Gasteiger partial charge is 0.272 e. The Morgan fingerprint density at radius 1 is 1.59 bits per heavy atom. The summed E-state index contributed by atoms with van der Waals surface area (Å²) in [5.74, 6) is 0.0615. The van der Waals surface area contributed by atoms with E-state index >= 15 is 0 Å². The second-order valence-corrected chi connectivity index (χ2v) is 5.23. The molecule has 1 aromatic rings. The van der Waals surface area contributed by atoms with Crippen LogP contribution in [0.1, 0.15) is 49.8 Å². The van der Waals surface area contributed by atoms with E-state index in [4.69, 9.17) is 5.11 Å². The van der Waals surface area contributed by atoms with Crippen LogP contribution in [0.3, 0.4) is 0 Å². The highest BCUT2D eigenvalue weighted by Crippen LogP contribution is 2.15. The third kappa shape index (κ3) is 3.30. The van der Waals surface area contributed by atoms with Gasteiger partial charge < -0.3 is 10.4 Å². The van der Waals surface area contributed by atoms with Crippen molar-refractivity contribution in [2.45, 2.75) is 39.2 Å². The van der Waals surface area contributed by atoms with Crippen molar-refractivity contribution in [3.63, 3.8) is 0 Å². The minimum Gasteiger partial charge on any atom is -0.394 e. The second kappa shape index (κ2) is 4.87. The van der Waals surface area contributed by atoms with Crippen LogP contribution in [-0.4, -0.2) is 32.9 Å². The lowest BCUT2D eigenvalue weighted by atomic mass is 10.1. The van der Waals surface area contributed by atoms with E-state index in [-0.39, 0.29) is 12.5 Å². The van der Waals surface area contributed by atoms with E-state index in [2.05, 4.69) is 24.3 Å². The normalized spacial score (nSPS) is 11.9.